The van der Waals surface area contributed by atoms with Gasteiger partial charge in [-0.1, -0.05) is 30.3 Å². The lowest BCUT2D eigenvalue weighted by Gasteiger charge is -2.11. The fourth-order valence-electron chi connectivity index (χ4n) is 3.88. The van der Waals surface area contributed by atoms with Gasteiger partial charge in [0.2, 0.25) is 0 Å². The van der Waals surface area contributed by atoms with Crippen LogP contribution in [-0.4, -0.2) is 30.1 Å². The Morgan fingerprint density at radius 2 is 1.91 bits per heavy atom. The van der Waals surface area contributed by atoms with Crippen molar-refractivity contribution in [2.45, 2.75) is 19.0 Å². The Balaban J connectivity index is 1.44. The average Bonchev–Trinajstić information content (AvgIpc) is 3.36. The van der Waals surface area contributed by atoms with E-state index in [0.29, 0.717) is 17.8 Å². The first-order valence-electron chi connectivity index (χ1n) is 10.9. The van der Waals surface area contributed by atoms with E-state index in [-0.39, 0.29) is 24.6 Å². The second-order valence-electron chi connectivity index (χ2n) is 8.09. The minimum absolute atomic E-state index is 0.00426. The fourth-order valence-corrected chi connectivity index (χ4v) is 3.88. The van der Waals surface area contributed by atoms with Crippen molar-refractivity contribution in [1.82, 2.24) is 15.2 Å². The van der Waals surface area contributed by atoms with Crippen LogP contribution in [0.4, 0.5) is 8.78 Å². The summed E-state index contributed by atoms with van der Waals surface area (Å²) in [7, 11) is 1.33. The molecule has 1 atom stereocenters. The number of hydrogen-bond acceptors (Lipinski definition) is 5. The second kappa shape index (κ2) is 10.3. The number of hydrogen-bond donors (Lipinski definition) is 2. The Morgan fingerprint density at radius 1 is 1.09 bits per heavy atom. The molecule has 0 radical (unpaired) electrons. The molecular formula is C26H23F2N3O4. The van der Waals surface area contributed by atoms with Crippen molar-refractivity contribution in [3.05, 3.63) is 117 Å². The lowest BCUT2D eigenvalue weighted by atomic mass is 9.98. The molecular weight excluding hydrogens is 456 g/mol. The number of pyridine rings is 1. The van der Waals surface area contributed by atoms with E-state index in [1.54, 1.807) is 6.07 Å². The molecule has 2 aromatic carbocycles. The zero-order valence-corrected chi connectivity index (χ0v) is 18.9. The highest BCUT2D eigenvalue weighted by Crippen LogP contribution is 2.24. The van der Waals surface area contributed by atoms with Crippen LogP contribution in [0.2, 0.25) is 0 Å². The van der Waals surface area contributed by atoms with Gasteiger partial charge in [-0.15, -0.1) is 0 Å². The van der Waals surface area contributed by atoms with Gasteiger partial charge in [0.25, 0.3) is 11.5 Å². The minimum Gasteiger partial charge on any atom is -0.464 e. The van der Waals surface area contributed by atoms with Gasteiger partial charge in [-0.3, -0.25) is 9.59 Å². The molecule has 0 saturated heterocycles. The van der Waals surface area contributed by atoms with Gasteiger partial charge in [0.05, 0.1) is 13.7 Å². The number of esters is 1. The molecule has 180 valence electrons. The number of methoxy groups -OCH3 is 1. The third kappa shape index (κ3) is 5.46. The quantitative estimate of drug-likeness (QED) is 0.509. The van der Waals surface area contributed by atoms with Crippen LogP contribution >= 0.6 is 0 Å². The minimum atomic E-state index is -1.00. The molecule has 1 unspecified atom stereocenters. The zero-order valence-electron chi connectivity index (χ0n) is 18.9. The van der Waals surface area contributed by atoms with E-state index in [0.717, 1.165) is 23.3 Å². The van der Waals surface area contributed by atoms with Crippen LogP contribution in [0.15, 0.2) is 77.4 Å². The summed E-state index contributed by atoms with van der Waals surface area (Å²) in [5.41, 5.74) is 2.01. The molecule has 3 aromatic rings. The number of carbonyl (C=O) groups is 2. The molecule has 4 rings (SSSR count). The summed E-state index contributed by atoms with van der Waals surface area (Å²) in [6.45, 7) is 0.745. The second-order valence-corrected chi connectivity index (χ2v) is 8.09. The van der Waals surface area contributed by atoms with Crippen molar-refractivity contribution in [3.8, 4) is 0 Å². The van der Waals surface area contributed by atoms with Gasteiger partial charge < -0.3 is 19.9 Å². The summed E-state index contributed by atoms with van der Waals surface area (Å²) >= 11 is 0. The largest absolute Gasteiger partial charge is 0.464 e. The Morgan fingerprint density at radius 3 is 2.69 bits per heavy atom. The Bertz CT molecular complexity index is 1370. The first-order valence-corrected chi connectivity index (χ1v) is 10.9. The predicted octanol–water partition coefficient (Wildman–Crippen LogP) is 2.85. The van der Waals surface area contributed by atoms with Crippen molar-refractivity contribution in [3.63, 3.8) is 0 Å². The Kier molecular flexibility index (Phi) is 7.05. The first kappa shape index (κ1) is 23.9. The third-order valence-electron chi connectivity index (χ3n) is 5.72. The fraction of sp³-hybridized carbons (Fsp3) is 0.192. The average molecular weight is 479 g/mol. The predicted molar refractivity (Wildman–Crippen MR) is 125 cm³/mol. The molecule has 1 aliphatic heterocycles. The van der Waals surface area contributed by atoms with Gasteiger partial charge >= 0.3 is 5.97 Å². The number of halogens is 2. The van der Waals surface area contributed by atoms with Crippen LogP contribution in [0.1, 0.15) is 33.0 Å². The highest BCUT2D eigenvalue weighted by atomic mass is 19.2. The van der Waals surface area contributed by atoms with Crippen LogP contribution in [0.5, 0.6) is 0 Å². The summed E-state index contributed by atoms with van der Waals surface area (Å²) in [4.78, 5) is 37.2. The van der Waals surface area contributed by atoms with Gasteiger partial charge in [0.1, 0.15) is 11.3 Å². The summed E-state index contributed by atoms with van der Waals surface area (Å²) in [5.74, 6) is -2.96. The summed E-state index contributed by atoms with van der Waals surface area (Å²) in [5, 5.41) is 5.77. The van der Waals surface area contributed by atoms with Crippen LogP contribution in [0.25, 0.3) is 0 Å². The lowest BCUT2D eigenvalue weighted by Crippen LogP contribution is -2.32. The molecule has 1 aromatic heterocycles. The highest BCUT2D eigenvalue weighted by Gasteiger charge is 2.22. The molecule has 1 amide bonds. The summed E-state index contributed by atoms with van der Waals surface area (Å²) < 4.78 is 32.7. The van der Waals surface area contributed by atoms with E-state index >= 15 is 0 Å². The van der Waals surface area contributed by atoms with E-state index in [1.807, 2.05) is 30.3 Å². The van der Waals surface area contributed by atoms with Gasteiger partial charge in [-0.2, -0.15) is 0 Å². The first-order chi connectivity index (χ1) is 16.9. The number of nitrogens with zero attached hydrogens (tertiary/aromatic N) is 1. The Labute approximate surface area is 200 Å². The number of benzene rings is 2. The number of ether oxygens (including phenoxy) is 1. The van der Waals surface area contributed by atoms with E-state index < -0.39 is 29.1 Å². The van der Waals surface area contributed by atoms with Crippen LogP contribution in [0, 0.1) is 11.6 Å². The SMILES string of the molecule is COC(=O)C1=CC(c2cccc(CNC(=O)c3cccn(Cc4ccc(F)c(F)c4)c3=O)c2)CN1. The third-order valence-corrected chi connectivity index (χ3v) is 5.72. The smallest absolute Gasteiger partial charge is 0.353 e. The molecule has 0 aliphatic carbocycles. The molecule has 0 bridgehead atoms. The van der Waals surface area contributed by atoms with Crippen LogP contribution in [0.3, 0.4) is 0 Å². The monoisotopic (exact) mass is 479 g/mol. The van der Waals surface area contributed by atoms with Gasteiger partial charge in [-0.05, 0) is 47.0 Å². The molecule has 2 N–H and O–H groups in total. The molecule has 1 aliphatic rings. The standard InChI is InChI=1S/C26H23F2N3O4/c1-35-26(34)23-12-19(14-29-23)18-5-2-4-16(10-18)13-30-24(32)20-6-3-9-31(25(20)33)15-17-7-8-21(27)22(28)11-17/h2-12,19,29H,13-15H2,1H3,(H,30,32). The van der Waals surface area contributed by atoms with Gasteiger partial charge in [0, 0.05) is 25.2 Å². The van der Waals surface area contributed by atoms with E-state index in [1.165, 1.54) is 30.0 Å². The van der Waals surface area contributed by atoms with Crippen LogP contribution in [-0.2, 0) is 22.6 Å². The number of nitrogens with one attached hydrogen (secondary N) is 2. The summed E-state index contributed by atoms with van der Waals surface area (Å²) in [6, 6.07) is 13.9. The molecule has 9 heteroatoms. The molecule has 0 saturated carbocycles. The van der Waals surface area contributed by atoms with Crippen molar-refractivity contribution in [1.29, 1.82) is 0 Å². The van der Waals surface area contributed by atoms with Crippen LogP contribution < -0.4 is 16.2 Å². The number of aromatic nitrogens is 1. The normalized spacial score (nSPS) is 14.7. The van der Waals surface area contributed by atoms with Gasteiger partial charge in [0.15, 0.2) is 11.6 Å². The highest BCUT2D eigenvalue weighted by molar-refractivity contribution is 5.93. The molecule has 0 fully saturated rings. The van der Waals surface area contributed by atoms with E-state index in [9.17, 15) is 23.2 Å². The maximum Gasteiger partial charge on any atom is 0.353 e. The van der Waals surface area contributed by atoms with Crippen molar-refractivity contribution < 1.29 is 23.1 Å². The van der Waals surface area contributed by atoms with Crippen molar-refractivity contribution in [2.75, 3.05) is 13.7 Å². The molecule has 2 heterocycles. The maximum atomic E-state index is 13.5. The maximum absolute atomic E-state index is 13.5. The summed E-state index contributed by atoms with van der Waals surface area (Å²) in [6.07, 6.45) is 3.29. The van der Waals surface area contributed by atoms with Crippen molar-refractivity contribution >= 4 is 11.9 Å². The number of amides is 1. The zero-order chi connectivity index (χ0) is 24.9. The van der Waals surface area contributed by atoms with E-state index in [2.05, 4.69) is 10.6 Å². The number of rotatable bonds is 7. The molecule has 7 nitrogen and oxygen atoms in total. The lowest BCUT2D eigenvalue weighted by molar-refractivity contribution is -0.136. The van der Waals surface area contributed by atoms with Gasteiger partial charge in [-0.25, -0.2) is 13.6 Å². The topological polar surface area (TPSA) is 89.4 Å². The Hall–Kier alpha value is -4.27. The molecule has 0 spiro atoms. The van der Waals surface area contributed by atoms with E-state index in [4.69, 9.17) is 4.74 Å². The number of carbonyl (C=O) groups excluding carboxylic acids is 2. The van der Waals surface area contributed by atoms with Crippen molar-refractivity contribution in [2.24, 2.45) is 0 Å². The molecule has 35 heavy (non-hydrogen) atoms.